The molecule has 2 aromatic rings. The molecule has 1 saturated heterocycles. The zero-order valence-corrected chi connectivity index (χ0v) is 10.5. The lowest BCUT2D eigenvalue weighted by Gasteiger charge is -2.35. The summed E-state index contributed by atoms with van der Waals surface area (Å²) in [6, 6.07) is 7.33. The fraction of sp³-hybridized carbons (Fsp3) is 0.214. The third-order valence-electron chi connectivity index (χ3n) is 3.22. The quantitative estimate of drug-likeness (QED) is 0.853. The van der Waals surface area contributed by atoms with Crippen LogP contribution in [0.5, 0.6) is 0 Å². The van der Waals surface area contributed by atoms with Crippen LogP contribution in [-0.4, -0.2) is 40.0 Å². The summed E-state index contributed by atoms with van der Waals surface area (Å²) in [7, 11) is 0. The highest BCUT2D eigenvalue weighted by atomic mass is 16.4. The summed E-state index contributed by atoms with van der Waals surface area (Å²) in [5.41, 5.74) is 1.39. The Morgan fingerprint density at radius 1 is 1.35 bits per heavy atom. The molecule has 1 aromatic heterocycles. The predicted molar refractivity (Wildman–Crippen MR) is 70.7 cm³/mol. The molecule has 0 saturated carbocycles. The first kappa shape index (κ1) is 12.4. The largest absolute Gasteiger partial charge is 0.481 e. The summed E-state index contributed by atoms with van der Waals surface area (Å²) in [6.07, 6.45) is 2.85. The number of nitrogens with zero attached hydrogens (tertiary/aromatic N) is 2. The van der Waals surface area contributed by atoms with Gasteiger partial charge in [-0.05, 0) is 12.1 Å². The lowest BCUT2D eigenvalue weighted by molar-refractivity contribution is -0.151. The zero-order valence-electron chi connectivity index (χ0n) is 10.5. The van der Waals surface area contributed by atoms with E-state index in [0.717, 1.165) is 5.52 Å². The molecular weight excluding hydrogens is 260 g/mol. The third kappa shape index (κ3) is 2.27. The molecule has 1 aromatic carbocycles. The average molecular weight is 272 g/mol. The Bertz CT molecular complexity index is 665. The highest BCUT2D eigenvalue weighted by Crippen LogP contribution is 2.18. The van der Waals surface area contributed by atoms with Gasteiger partial charge < -0.3 is 14.4 Å². The number of carbonyl (C=O) groups excluding carboxylic acids is 1. The van der Waals surface area contributed by atoms with E-state index in [9.17, 15) is 9.59 Å². The Labute approximate surface area is 114 Å². The van der Waals surface area contributed by atoms with Crippen LogP contribution in [0.2, 0.25) is 0 Å². The number of rotatable bonds is 3. The number of carbonyl (C=O) groups is 2. The molecule has 0 atom stereocenters. The molecule has 1 aliphatic rings. The van der Waals surface area contributed by atoms with Gasteiger partial charge in [0.2, 0.25) is 11.8 Å². The SMILES string of the molecule is O=C(O)C1CN(C(=O)C=Cc2nc3ccccc3o2)C1. The number of aromatic nitrogens is 1. The van der Waals surface area contributed by atoms with Gasteiger partial charge in [-0.1, -0.05) is 12.1 Å². The molecule has 1 fully saturated rings. The minimum Gasteiger partial charge on any atom is -0.481 e. The summed E-state index contributed by atoms with van der Waals surface area (Å²) >= 11 is 0. The van der Waals surface area contributed by atoms with E-state index in [1.54, 1.807) is 6.07 Å². The van der Waals surface area contributed by atoms with Crippen molar-refractivity contribution in [2.75, 3.05) is 13.1 Å². The number of hydrogen-bond donors (Lipinski definition) is 1. The molecule has 0 bridgehead atoms. The maximum Gasteiger partial charge on any atom is 0.310 e. The standard InChI is InChI=1S/C14H12N2O4/c17-13(16-7-9(8-16)14(18)19)6-5-12-15-10-3-1-2-4-11(10)20-12/h1-6,9H,7-8H2,(H,18,19). The number of oxazole rings is 1. The van der Waals surface area contributed by atoms with Gasteiger partial charge in [0, 0.05) is 25.2 Å². The molecule has 20 heavy (non-hydrogen) atoms. The van der Waals surface area contributed by atoms with Crippen molar-refractivity contribution in [1.82, 2.24) is 9.88 Å². The first-order valence-electron chi connectivity index (χ1n) is 6.19. The van der Waals surface area contributed by atoms with E-state index in [1.807, 2.05) is 18.2 Å². The van der Waals surface area contributed by atoms with Crippen molar-refractivity contribution >= 4 is 29.1 Å². The van der Waals surface area contributed by atoms with Crippen LogP contribution >= 0.6 is 0 Å². The van der Waals surface area contributed by atoms with Gasteiger partial charge in [0.1, 0.15) is 5.52 Å². The summed E-state index contributed by atoms with van der Waals surface area (Å²) in [4.78, 5) is 28.1. The Hall–Kier alpha value is -2.63. The molecular formula is C14H12N2O4. The van der Waals surface area contributed by atoms with Crippen molar-refractivity contribution < 1.29 is 19.1 Å². The Kier molecular flexibility index (Phi) is 2.98. The smallest absolute Gasteiger partial charge is 0.310 e. The number of benzene rings is 1. The van der Waals surface area contributed by atoms with Crippen LogP contribution in [0.4, 0.5) is 0 Å². The lowest BCUT2D eigenvalue weighted by atomic mass is 10.0. The highest BCUT2D eigenvalue weighted by molar-refractivity contribution is 5.93. The van der Waals surface area contributed by atoms with Crippen LogP contribution < -0.4 is 0 Å². The summed E-state index contributed by atoms with van der Waals surface area (Å²) in [5, 5.41) is 8.74. The van der Waals surface area contributed by atoms with E-state index in [0.29, 0.717) is 11.5 Å². The van der Waals surface area contributed by atoms with Crippen LogP contribution in [-0.2, 0) is 9.59 Å². The number of hydrogen-bond acceptors (Lipinski definition) is 4. The number of likely N-dealkylation sites (tertiary alicyclic amines) is 1. The lowest BCUT2D eigenvalue weighted by Crippen LogP contribution is -2.52. The molecule has 6 nitrogen and oxygen atoms in total. The van der Waals surface area contributed by atoms with Gasteiger partial charge in [-0.2, -0.15) is 0 Å². The second-order valence-corrected chi connectivity index (χ2v) is 4.63. The van der Waals surface area contributed by atoms with Crippen molar-refractivity contribution in [3.05, 3.63) is 36.2 Å². The van der Waals surface area contributed by atoms with Crippen molar-refractivity contribution in [3.63, 3.8) is 0 Å². The van der Waals surface area contributed by atoms with Crippen LogP contribution in [0.3, 0.4) is 0 Å². The van der Waals surface area contributed by atoms with Crippen molar-refractivity contribution in [2.24, 2.45) is 5.92 Å². The molecule has 6 heteroatoms. The predicted octanol–water partition coefficient (Wildman–Crippen LogP) is 1.38. The van der Waals surface area contributed by atoms with Crippen molar-refractivity contribution in [3.8, 4) is 0 Å². The first-order chi connectivity index (χ1) is 9.63. The number of amides is 1. The van der Waals surface area contributed by atoms with Crippen LogP contribution in [0.25, 0.3) is 17.2 Å². The minimum absolute atomic E-state index is 0.232. The molecule has 3 rings (SSSR count). The minimum atomic E-state index is -0.864. The van der Waals surface area contributed by atoms with Crippen molar-refractivity contribution in [1.29, 1.82) is 0 Å². The van der Waals surface area contributed by atoms with Gasteiger partial charge in [0.25, 0.3) is 0 Å². The van der Waals surface area contributed by atoms with Gasteiger partial charge in [-0.3, -0.25) is 9.59 Å². The van der Waals surface area contributed by atoms with E-state index < -0.39 is 11.9 Å². The number of para-hydroxylation sites is 2. The van der Waals surface area contributed by atoms with E-state index >= 15 is 0 Å². The molecule has 102 valence electrons. The van der Waals surface area contributed by atoms with Gasteiger partial charge in [0.15, 0.2) is 5.58 Å². The number of carboxylic acids is 1. The summed E-state index contributed by atoms with van der Waals surface area (Å²) in [6.45, 7) is 0.512. The van der Waals surface area contributed by atoms with Gasteiger partial charge in [0.05, 0.1) is 5.92 Å². The van der Waals surface area contributed by atoms with Crippen LogP contribution in [0.15, 0.2) is 34.8 Å². The molecule has 0 aliphatic carbocycles. The molecule has 0 radical (unpaired) electrons. The number of carboxylic acid groups (broad SMARTS) is 1. The molecule has 1 aliphatic heterocycles. The summed E-state index contributed by atoms with van der Waals surface area (Å²) < 4.78 is 5.45. The van der Waals surface area contributed by atoms with E-state index in [-0.39, 0.29) is 19.0 Å². The second kappa shape index (κ2) is 4.80. The Morgan fingerprint density at radius 3 is 2.80 bits per heavy atom. The molecule has 0 unspecified atom stereocenters. The third-order valence-corrected chi connectivity index (χ3v) is 3.22. The first-order valence-corrected chi connectivity index (χ1v) is 6.19. The van der Waals surface area contributed by atoms with E-state index in [4.69, 9.17) is 9.52 Å². The summed E-state index contributed by atoms with van der Waals surface area (Å²) in [5.74, 6) is -1.19. The van der Waals surface area contributed by atoms with Crippen LogP contribution in [0.1, 0.15) is 5.89 Å². The maximum absolute atomic E-state index is 11.8. The van der Waals surface area contributed by atoms with Crippen molar-refractivity contribution in [2.45, 2.75) is 0 Å². The topological polar surface area (TPSA) is 83.6 Å². The second-order valence-electron chi connectivity index (χ2n) is 4.63. The zero-order chi connectivity index (χ0) is 14.1. The van der Waals surface area contributed by atoms with E-state index in [2.05, 4.69) is 4.98 Å². The fourth-order valence-corrected chi connectivity index (χ4v) is 2.02. The Morgan fingerprint density at radius 2 is 2.10 bits per heavy atom. The molecule has 2 heterocycles. The normalized spacial score (nSPS) is 15.7. The van der Waals surface area contributed by atoms with Gasteiger partial charge in [-0.15, -0.1) is 0 Å². The maximum atomic E-state index is 11.8. The Balaban J connectivity index is 1.65. The average Bonchev–Trinajstić information content (AvgIpc) is 2.76. The van der Waals surface area contributed by atoms with E-state index in [1.165, 1.54) is 17.1 Å². The fourth-order valence-electron chi connectivity index (χ4n) is 2.02. The van der Waals surface area contributed by atoms with Crippen LogP contribution in [0, 0.1) is 5.92 Å². The number of aliphatic carboxylic acids is 1. The van der Waals surface area contributed by atoms with Gasteiger partial charge >= 0.3 is 5.97 Å². The monoisotopic (exact) mass is 272 g/mol. The molecule has 0 spiro atoms. The number of fused-ring (bicyclic) bond motifs is 1. The molecule has 1 amide bonds. The van der Waals surface area contributed by atoms with Gasteiger partial charge in [-0.25, -0.2) is 4.98 Å². The highest BCUT2D eigenvalue weighted by Gasteiger charge is 2.34. The molecule has 1 N–H and O–H groups in total.